The van der Waals surface area contributed by atoms with E-state index < -0.39 is 4.32 Å². The molecule has 0 heterocycles. The second-order valence-electron chi connectivity index (χ2n) is 5.66. The minimum atomic E-state index is -0.591. The van der Waals surface area contributed by atoms with Crippen LogP contribution in [0.25, 0.3) is 0 Å². The Balaban J connectivity index is 2.06. The number of alkyl halides is 1. The van der Waals surface area contributed by atoms with Crippen molar-refractivity contribution in [2.24, 2.45) is 11.8 Å². The number of hydrogen-bond donors (Lipinski definition) is 0. The first-order valence-corrected chi connectivity index (χ1v) is 7.79. The number of halogens is 1. The van der Waals surface area contributed by atoms with Crippen LogP contribution in [0.1, 0.15) is 24.8 Å². The van der Waals surface area contributed by atoms with Gasteiger partial charge in [-0.05, 0) is 18.4 Å². The van der Waals surface area contributed by atoms with Gasteiger partial charge in [-0.3, -0.25) is 4.79 Å². The molecule has 2 aliphatic carbocycles. The minimum Gasteiger partial charge on any atom is -0.468 e. The van der Waals surface area contributed by atoms with Gasteiger partial charge in [0.15, 0.2) is 0 Å². The number of ether oxygens (including phenoxy) is 2. The molecule has 0 saturated heterocycles. The average Bonchev–Trinajstić information content (AvgIpc) is 2.53. The Kier molecular flexibility index (Phi) is 3.41. The molecular weight excluding hydrogens is 320 g/mol. The van der Waals surface area contributed by atoms with Crippen molar-refractivity contribution < 1.29 is 14.3 Å². The lowest BCUT2D eigenvalue weighted by molar-refractivity contribution is -0.235. The second-order valence-corrected chi connectivity index (χ2v) is 6.97. The number of fused-ring (bicyclic) bond motifs is 2. The van der Waals surface area contributed by atoms with Crippen molar-refractivity contribution in [3.8, 4) is 0 Å². The molecule has 20 heavy (non-hydrogen) atoms. The summed E-state index contributed by atoms with van der Waals surface area (Å²) >= 11 is 3.70. The molecule has 1 aromatic carbocycles. The molecule has 0 spiro atoms. The highest BCUT2D eigenvalue weighted by Gasteiger charge is 2.75. The van der Waals surface area contributed by atoms with Crippen molar-refractivity contribution in [1.82, 2.24) is 0 Å². The van der Waals surface area contributed by atoms with Crippen molar-refractivity contribution in [2.45, 2.75) is 29.2 Å². The van der Waals surface area contributed by atoms with Crippen LogP contribution in [0.3, 0.4) is 0 Å². The summed E-state index contributed by atoms with van der Waals surface area (Å²) in [4.78, 5) is 12.2. The predicted octanol–water partition coefficient (Wildman–Crippen LogP) is 3.26. The van der Waals surface area contributed by atoms with Gasteiger partial charge in [0.2, 0.25) is 0 Å². The molecule has 0 aliphatic heterocycles. The minimum absolute atomic E-state index is 0.119. The Hall–Kier alpha value is -0.870. The van der Waals surface area contributed by atoms with Crippen LogP contribution in [-0.4, -0.2) is 24.5 Å². The van der Waals surface area contributed by atoms with E-state index >= 15 is 0 Å². The lowest BCUT2D eigenvalue weighted by Gasteiger charge is -2.67. The summed E-state index contributed by atoms with van der Waals surface area (Å²) in [7, 11) is 3.21. The molecule has 2 saturated carbocycles. The number of rotatable bonds is 3. The third-order valence-corrected chi connectivity index (χ3v) is 6.53. The van der Waals surface area contributed by atoms with Crippen LogP contribution >= 0.6 is 15.9 Å². The van der Waals surface area contributed by atoms with E-state index in [1.165, 1.54) is 7.11 Å². The molecule has 0 amide bonds. The molecule has 0 N–H and O–H groups in total. The topological polar surface area (TPSA) is 35.5 Å². The van der Waals surface area contributed by atoms with E-state index in [0.29, 0.717) is 0 Å². The molecule has 2 atom stereocenters. The summed E-state index contributed by atoms with van der Waals surface area (Å²) in [6, 6.07) is 10.2. The summed E-state index contributed by atoms with van der Waals surface area (Å²) < 4.78 is 10.4. The van der Waals surface area contributed by atoms with E-state index in [9.17, 15) is 4.79 Å². The van der Waals surface area contributed by atoms with Crippen LogP contribution in [0.4, 0.5) is 0 Å². The maximum atomic E-state index is 12.2. The van der Waals surface area contributed by atoms with Crippen molar-refractivity contribution in [2.75, 3.05) is 14.2 Å². The number of carbonyl (C=O) groups excluding carboxylic acids is 1. The van der Waals surface area contributed by atoms with Gasteiger partial charge < -0.3 is 9.47 Å². The van der Waals surface area contributed by atoms with E-state index in [2.05, 4.69) is 28.1 Å². The Morgan fingerprint density at radius 2 is 1.80 bits per heavy atom. The first kappa shape index (κ1) is 14.1. The predicted molar refractivity (Wildman–Crippen MR) is 79.6 cm³/mol. The first-order valence-electron chi connectivity index (χ1n) is 7.00. The van der Waals surface area contributed by atoms with Crippen LogP contribution in [0, 0.1) is 11.8 Å². The van der Waals surface area contributed by atoms with Gasteiger partial charge in [0.1, 0.15) is 9.93 Å². The van der Waals surface area contributed by atoms with Crippen LogP contribution in [0.5, 0.6) is 0 Å². The van der Waals surface area contributed by atoms with Gasteiger partial charge in [-0.2, -0.15) is 0 Å². The quantitative estimate of drug-likeness (QED) is 0.626. The lowest BCUT2D eigenvalue weighted by Crippen LogP contribution is -2.74. The lowest BCUT2D eigenvalue weighted by atomic mass is 9.45. The molecule has 1 aromatic rings. The van der Waals surface area contributed by atoms with Crippen LogP contribution in [0.15, 0.2) is 30.3 Å². The van der Waals surface area contributed by atoms with Gasteiger partial charge in [0.25, 0.3) is 0 Å². The highest BCUT2D eigenvalue weighted by molar-refractivity contribution is 9.10. The van der Waals surface area contributed by atoms with Gasteiger partial charge in [-0.15, -0.1) is 0 Å². The zero-order chi connectivity index (χ0) is 14.4. The Bertz CT molecular complexity index is 502. The molecule has 0 radical (unpaired) electrons. The smallest absolute Gasteiger partial charge is 0.323 e. The van der Waals surface area contributed by atoms with Crippen molar-refractivity contribution in [3.05, 3.63) is 35.9 Å². The normalized spacial score (nSPS) is 39.0. The summed E-state index contributed by atoms with van der Waals surface area (Å²) in [6.07, 6.45) is 3.08. The summed E-state index contributed by atoms with van der Waals surface area (Å²) in [6.45, 7) is 0. The van der Waals surface area contributed by atoms with E-state index in [1.54, 1.807) is 7.11 Å². The van der Waals surface area contributed by atoms with E-state index in [-0.39, 0.29) is 23.4 Å². The number of carbonyl (C=O) groups is 1. The number of benzene rings is 1. The monoisotopic (exact) mass is 338 g/mol. The van der Waals surface area contributed by atoms with Gasteiger partial charge in [-0.25, -0.2) is 0 Å². The van der Waals surface area contributed by atoms with Crippen molar-refractivity contribution in [3.63, 3.8) is 0 Å². The summed E-state index contributed by atoms with van der Waals surface area (Å²) in [5.41, 5.74) is 0.799. The van der Waals surface area contributed by atoms with Crippen LogP contribution in [0.2, 0.25) is 0 Å². The number of hydrogen-bond acceptors (Lipinski definition) is 3. The van der Waals surface area contributed by atoms with Crippen molar-refractivity contribution >= 4 is 21.9 Å². The second kappa shape index (κ2) is 4.85. The van der Waals surface area contributed by atoms with Crippen molar-refractivity contribution in [1.29, 1.82) is 0 Å². The molecule has 0 aromatic heterocycles. The highest BCUT2D eigenvalue weighted by Crippen LogP contribution is 2.70. The van der Waals surface area contributed by atoms with Crippen LogP contribution < -0.4 is 0 Å². The third-order valence-electron chi connectivity index (χ3n) is 5.10. The highest BCUT2D eigenvalue weighted by atomic mass is 79.9. The fraction of sp³-hybridized carbons (Fsp3) is 0.562. The van der Waals surface area contributed by atoms with E-state index in [4.69, 9.17) is 9.47 Å². The van der Waals surface area contributed by atoms with E-state index in [0.717, 1.165) is 24.8 Å². The molecule has 3 rings (SSSR count). The maximum Gasteiger partial charge on any atom is 0.323 e. The maximum absolute atomic E-state index is 12.2. The Labute approximate surface area is 127 Å². The molecule has 3 nitrogen and oxygen atoms in total. The Morgan fingerprint density at radius 1 is 1.20 bits per heavy atom. The SMILES string of the molecule is COC(=O)C1(Br)C2CCCC1C2(OC)c1ccccc1. The number of esters is 1. The van der Waals surface area contributed by atoms with Gasteiger partial charge in [0.05, 0.1) is 7.11 Å². The molecule has 2 bridgehead atoms. The largest absolute Gasteiger partial charge is 0.468 e. The standard InChI is InChI=1S/C16H19BrO3/c1-19-14(18)15(17)12-9-6-10-13(15)16(12,20-2)11-7-4-3-5-8-11/h3-5,7-8,12-13H,6,9-10H2,1-2H3. The van der Waals surface area contributed by atoms with Crippen LogP contribution in [-0.2, 0) is 19.9 Å². The molecular formula is C16H19BrO3. The third kappa shape index (κ3) is 1.52. The Morgan fingerprint density at radius 3 is 2.30 bits per heavy atom. The zero-order valence-corrected chi connectivity index (χ0v) is 13.4. The van der Waals surface area contributed by atoms with Gasteiger partial charge in [-0.1, -0.05) is 52.7 Å². The molecule has 108 valence electrons. The van der Waals surface area contributed by atoms with Gasteiger partial charge in [0, 0.05) is 18.9 Å². The zero-order valence-electron chi connectivity index (χ0n) is 11.8. The van der Waals surface area contributed by atoms with Gasteiger partial charge >= 0.3 is 5.97 Å². The summed E-state index contributed by atoms with van der Waals surface area (Å²) in [5, 5.41) is 0. The average molecular weight is 339 g/mol. The number of methoxy groups -OCH3 is 2. The molecule has 2 fully saturated rings. The van der Waals surface area contributed by atoms with E-state index in [1.807, 2.05) is 18.2 Å². The molecule has 4 heteroatoms. The fourth-order valence-corrected chi connectivity index (χ4v) is 5.63. The molecule has 2 unspecified atom stereocenters. The first-order chi connectivity index (χ1) is 9.62. The molecule has 2 aliphatic rings. The fourth-order valence-electron chi connectivity index (χ4n) is 4.33. The summed E-state index contributed by atoms with van der Waals surface area (Å²) in [5.74, 6) is 0.0676.